The Hall–Kier alpha value is -2.50. The van der Waals surface area contributed by atoms with Gasteiger partial charge in [-0.3, -0.25) is 10.1 Å². The molecule has 2 aromatic carbocycles. The molecule has 1 atom stereocenters. The minimum atomic E-state index is -0.279. The lowest BCUT2D eigenvalue weighted by molar-refractivity contribution is -0.120. The van der Waals surface area contributed by atoms with Gasteiger partial charge in [0.05, 0.1) is 12.6 Å². The Balaban J connectivity index is 1.59. The number of carbonyl (C=O) groups excluding carboxylic acids is 1. The SMILES string of the molecule is Cc1ccc([C@H](NCC(=O)NCc2ccc(F)cc2)c2cccs2)cc1. The van der Waals surface area contributed by atoms with Crippen LogP contribution in [0.25, 0.3) is 0 Å². The van der Waals surface area contributed by atoms with E-state index in [1.807, 2.05) is 11.4 Å². The number of thiophene rings is 1. The number of amides is 1. The van der Waals surface area contributed by atoms with E-state index in [2.05, 4.69) is 47.9 Å². The van der Waals surface area contributed by atoms with E-state index in [0.29, 0.717) is 6.54 Å². The van der Waals surface area contributed by atoms with Crippen LogP contribution in [0.15, 0.2) is 66.0 Å². The van der Waals surface area contributed by atoms with E-state index >= 15 is 0 Å². The summed E-state index contributed by atoms with van der Waals surface area (Å²) in [6.45, 7) is 2.65. The average Bonchev–Trinajstić information content (AvgIpc) is 3.17. The van der Waals surface area contributed by atoms with Crippen LogP contribution < -0.4 is 10.6 Å². The normalized spacial score (nSPS) is 11.9. The van der Waals surface area contributed by atoms with Gasteiger partial charge in [-0.1, -0.05) is 48.0 Å². The molecule has 0 aliphatic rings. The molecule has 0 bridgehead atoms. The molecule has 0 saturated heterocycles. The molecule has 1 aromatic heterocycles. The van der Waals surface area contributed by atoms with Gasteiger partial charge in [0, 0.05) is 11.4 Å². The van der Waals surface area contributed by atoms with Crippen molar-refractivity contribution in [3.63, 3.8) is 0 Å². The number of hydrogen-bond acceptors (Lipinski definition) is 3. The van der Waals surface area contributed by atoms with Gasteiger partial charge in [0.15, 0.2) is 0 Å². The van der Waals surface area contributed by atoms with Gasteiger partial charge in [0.2, 0.25) is 5.91 Å². The molecule has 134 valence electrons. The molecule has 0 unspecified atom stereocenters. The largest absolute Gasteiger partial charge is 0.351 e. The zero-order valence-corrected chi connectivity index (χ0v) is 15.4. The van der Waals surface area contributed by atoms with Crippen LogP contribution in [-0.2, 0) is 11.3 Å². The van der Waals surface area contributed by atoms with E-state index in [1.54, 1.807) is 23.5 Å². The van der Waals surface area contributed by atoms with Crippen LogP contribution in [-0.4, -0.2) is 12.5 Å². The first-order valence-corrected chi connectivity index (χ1v) is 9.34. The third-order valence-electron chi connectivity index (χ3n) is 4.11. The number of hydrogen-bond donors (Lipinski definition) is 2. The first kappa shape index (κ1) is 18.3. The Morgan fingerprint density at radius 1 is 1.08 bits per heavy atom. The van der Waals surface area contributed by atoms with Crippen LogP contribution in [0.3, 0.4) is 0 Å². The lowest BCUT2D eigenvalue weighted by Crippen LogP contribution is -2.35. The molecule has 3 aromatic rings. The van der Waals surface area contributed by atoms with E-state index in [9.17, 15) is 9.18 Å². The lowest BCUT2D eigenvalue weighted by atomic mass is 10.0. The van der Waals surface area contributed by atoms with Crippen LogP contribution in [0.2, 0.25) is 0 Å². The van der Waals surface area contributed by atoms with Crippen molar-refractivity contribution < 1.29 is 9.18 Å². The summed E-state index contributed by atoms with van der Waals surface area (Å²) in [6, 6.07) is 18.5. The Bertz CT molecular complexity index is 829. The van der Waals surface area contributed by atoms with Gasteiger partial charge in [0.1, 0.15) is 5.82 Å². The predicted octanol–water partition coefficient (Wildman–Crippen LogP) is 4.19. The highest BCUT2D eigenvalue weighted by atomic mass is 32.1. The summed E-state index contributed by atoms with van der Waals surface area (Å²) >= 11 is 1.66. The summed E-state index contributed by atoms with van der Waals surface area (Å²) in [4.78, 5) is 13.4. The minimum absolute atomic E-state index is 0.0211. The summed E-state index contributed by atoms with van der Waals surface area (Å²) in [7, 11) is 0. The Morgan fingerprint density at radius 3 is 2.46 bits per heavy atom. The number of rotatable bonds is 7. The van der Waals surface area contributed by atoms with Crippen molar-refractivity contribution in [2.45, 2.75) is 19.5 Å². The van der Waals surface area contributed by atoms with E-state index < -0.39 is 0 Å². The maximum atomic E-state index is 12.9. The first-order chi connectivity index (χ1) is 12.6. The summed E-state index contributed by atoms with van der Waals surface area (Å²) in [6.07, 6.45) is 0. The summed E-state index contributed by atoms with van der Waals surface area (Å²) in [5, 5.41) is 8.24. The molecule has 0 aliphatic carbocycles. The Morgan fingerprint density at radius 2 is 1.81 bits per heavy atom. The van der Waals surface area contributed by atoms with Gasteiger partial charge in [-0.05, 0) is 41.6 Å². The van der Waals surface area contributed by atoms with Crippen molar-refractivity contribution in [3.05, 3.63) is 93.4 Å². The molecule has 2 N–H and O–H groups in total. The number of carbonyl (C=O) groups is 1. The topological polar surface area (TPSA) is 41.1 Å². The third-order valence-corrected chi connectivity index (χ3v) is 5.05. The fourth-order valence-corrected chi connectivity index (χ4v) is 3.48. The number of benzene rings is 2. The first-order valence-electron chi connectivity index (χ1n) is 8.46. The monoisotopic (exact) mass is 368 g/mol. The standard InChI is InChI=1S/C21H21FN2OS/c1-15-4-8-17(9-5-15)21(19-3-2-12-26-19)24-14-20(25)23-13-16-6-10-18(22)11-7-16/h2-12,21,24H,13-14H2,1H3,(H,23,25)/t21-/m0/s1. The van der Waals surface area contributed by atoms with Crippen LogP contribution in [0.4, 0.5) is 4.39 Å². The number of nitrogens with one attached hydrogen (secondary N) is 2. The van der Waals surface area contributed by atoms with Crippen molar-refractivity contribution in [3.8, 4) is 0 Å². The van der Waals surface area contributed by atoms with Gasteiger partial charge in [-0.15, -0.1) is 11.3 Å². The molecular formula is C21H21FN2OS. The third kappa shape index (κ3) is 5.00. The average molecular weight is 368 g/mol. The molecule has 1 amide bonds. The second kappa shape index (κ2) is 8.74. The van der Waals surface area contributed by atoms with Crippen LogP contribution >= 0.6 is 11.3 Å². The lowest BCUT2D eigenvalue weighted by Gasteiger charge is -2.18. The molecule has 0 fully saturated rings. The molecule has 5 heteroatoms. The van der Waals surface area contributed by atoms with Crippen molar-refractivity contribution in [1.82, 2.24) is 10.6 Å². The van der Waals surface area contributed by atoms with Gasteiger partial charge in [-0.2, -0.15) is 0 Å². The van der Waals surface area contributed by atoms with Crippen LogP contribution in [0, 0.1) is 12.7 Å². The summed E-state index contributed by atoms with van der Waals surface area (Å²) < 4.78 is 12.9. The predicted molar refractivity (Wildman–Crippen MR) is 104 cm³/mol. The maximum Gasteiger partial charge on any atom is 0.234 e. The van der Waals surface area contributed by atoms with Crippen molar-refractivity contribution in [2.24, 2.45) is 0 Å². The zero-order chi connectivity index (χ0) is 18.4. The second-order valence-electron chi connectivity index (χ2n) is 6.14. The highest BCUT2D eigenvalue weighted by Crippen LogP contribution is 2.26. The summed E-state index contributed by atoms with van der Waals surface area (Å²) in [5.74, 6) is -0.373. The molecule has 0 saturated carbocycles. The zero-order valence-electron chi connectivity index (χ0n) is 14.5. The van der Waals surface area contributed by atoms with E-state index in [1.165, 1.54) is 22.6 Å². The maximum absolute atomic E-state index is 12.9. The Labute approximate surface area is 156 Å². The fraction of sp³-hybridized carbons (Fsp3) is 0.190. The molecule has 3 rings (SSSR count). The summed E-state index contributed by atoms with van der Waals surface area (Å²) in [5.41, 5.74) is 3.20. The molecule has 0 spiro atoms. The molecule has 0 radical (unpaired) electrons. The molecular weight excluding hydrogens is 347 g/mol. The van der Waals surface area contributed by atoms with Gasteiger partial charge in [-0.25, -0.2) is 4.39 Å². The molecule has 3 nitrogen and oxygen atoms in total. The van der Waals surface area contributed by atoms with Crippen LogP contribution in [0.5, 0.6) is 0 Å². The van der Waals surface area contributed by atoms with Gasteiger partial charge in [0.25, 0.3) is 0 Å². The molecule has 1 heterocycles. The highest BCUT2D eigenvalue weighted by molar-refractivity contribution is 7.10. The number of halogens is 1. The van der Waals surface area contributed by atoms with Gasteiger partial charge < -0.3 is 5.32 Å². The smallest absolute Gasteiger partial charge is 0.234 e. The van der Waals surface area contributed by atoms with Crippen LogP contribution in [0.1, 0.15) is 27.6 Å². The number of aryl methyl sites for hydroxylation is 1. The molecule has 0 aliphatic heterocycles. The molecule has 26 heavy (non-hydrogen) atoms. The van der Waals surface area contributed by atoms with E-state index in [0.717, 1.165) is 11.1 Å². The highest BCUT2D eigenvalue weighted by Gasteiger charge is 2.16. The van der Waals surface area contributed by atoms with Crippen molar-refractivity contribution in [1.29, 1.82) is 0 Å². The van der Waals surface area contributed by atoms with E-state index in [4.69, 9.17) is 0 Å². The van der Waals surface area contributed by atoms with Crippen molar-refractivity contribution in [2.75, 3.05) is 6.54 Å². The van der Waals surface area contributed by atoms with Crippen molar-refractivity contribution >= 4 is 17.2 Å². The Kier molecular flexibility index (Phi) is 6.15. The van der Waals surface area contributed by atoms with E-state index in [-0.39, 0.29) is 24.3 Å². The second-order valence-corrected chi connectivity index (χ2v) is 7.12. The quantitative estimate of drug-likeness (QED) is 0.656. The van der Waals surface area contributed by atoms with Gasteiger partial charge >= 0.3 is 0 Å². The fourth-order valence-electron chi connectivity index (χ4n) is 2.66. The minimum Gasteiger partial charge on any atom is -0.351 e.